The van der Waals surface area contributed by atoms with E-state index in [0.29, 0.717) is 6.10 Å². The Labute approximate surface area is 131 Å². The van der Waals surface area contributed by atoms with E-state index in [1.54, 1.807) is 0 Å². The predicted molar refractivity (Wildman–Crippen MR) is 90.7 cm³/mol. The van der Waals surface area contributed by atoms with E-state index in [1.807, 2.05) is 0 Å². The molecule has 0 aromatic heterocycles. The molecule has 1 aromatic rings. The number of rotatable bonds is 12. The summed E-state index contributed by atoms with van der Waals surface area (Å²) in [7, 11) is 0. The first-order chi connectivity index (χ1) is 10.4. The van der Waals surface area contributed by atoms with Crippen molar-refractivity contribution in [3.63, 3.8) is 0 Å². The highest BCUT2D eigenvalue weighted by molar-refractivity contribution is 5.27. The lowest BCUT2D eigenvalue weighted by Gasteiger charge is -2.04. The molecule has 0 radical (unpaired) electrons. The highest BCUT2D eigenvalue weighted by Gasteiger charge is 2.24. The average molecular weight is 288 g/mol. The molecule has 0 aliphatic carbocycles. The molecule has 1 nitrogen and oxygen atoms in total. The molecule has 1 heterocycles. The second kappa shape index (κ2) is 10.00. The van der Waals surface area contributed by atoms with Gasteiger partial charge in [-0.25, -0.2) is 0 Å². The van der Waals surface area contributed by atoms with Gasteiger partial charge in [0.15, 0.2) is 0 Å². The van der Waals surface area contributed by atoms with Crippen molar-refractivity contribution in [2.45, 2.75) is 83.7 Å². The van der Waals surface area contributed by atoms with Gasteiger partial charge in [0.25, 0.3) is 0 Å². The van der Waals surface area contributed by atoms with Gasteiger partial charge in [-0.2, -0.15) is 0 Å². The third-order valence-corrected chi connectivity index (χ3v) is 4.48. The Bertz CT molecular complexity index is 381. The van der Waals surface area contributed by atoms with Crippen molar-refractivity contribution >= 4 is 0 Å². The van der Waals surface area contributed by atoms with E-state index >= 15 is 0 Å². The Kier molecular flexibility index (Phi) is 7.88. The summed E-state index contributed by atoms with van der Waals surface area (Å²) in [4.78, 5) is 0. The standard InChI is InChI=1S/C20H32O/c1-2-3-4-5-6-7-8-9-10-11-13-18-14-12-15-19(16-18)20-17-21-20/h12,14-16,20H,2-11,13,17H2,1H3. The van der Waals surface area contributed by atoms with Crippen molar-refractivity contribution < 1.29 is 4.74 Å². The SMILES string of the molecule is CCCCCCCCCCCCc1cccc(C2CO2)c1. The summed E-state index contributed by atoms with van der Waals surface area (Å²) in [6.45, 7) is 3.20. The largest absolute Gasteiger partial charge is 0.368 e. The highest BCUT2D eigenvalue weighted by atomic mass is 16.6. The molecule has 1 heteroatoms. The lowest BCUT2D eigenvalue weighted by Crippen LogP contribution is -1.89. The molecule has 0 amide bonds. The van der Waals surface area contributed by atoms with Gasteiger partial charge in [0, 0.05) is 0 Å². The molecule has 2 rings (SSSR count). The van der Waals surface area contributed by atoms with E-state index < -0.39 is 0 Å². The van der Waals surface area contributed by atoms with Crippen LogP contribution in [0.5, 0.6) is 0 Å². The summed E-state index contributed by atoms with van der Waals surface area (Å²) in [6, 6.07) is 8.98. The Balaban J connectivity index is 1.45. The minimum Gasteiger partial charge on any atom is -0.368 e. The van der Waals surface area contributed by atoms with E-state index in [9.17, 15) is 0 Å². The minimum absolute atomic E-state index is 0.401. The maximum absolute atomic E-state index is 5.35. The first kappa shape index (κ1) is 16.5. The van der Waals surface area contributed by atoms with Gasteiger partial charge in [0.1, 0.15) is 6.10 Å². The zero-order valence-electron chi connectivity index (χ0n) is 13.8. The zero-order valence-corrected chi connectivity index (χ0v) is 13.8. The van der Waals surface area contributed by atoms with E-state index in [-0.39, 0.29) is 0 Å². The molecule has 1 aliphatic rings. The Morgan fingerprint density at radius 2 is 1.52 bits per heavy atom. The normalized spacial score (nSPS) is 17.1. The molecule has 0 bridgehead atoms. The van der Waals surface area contributed by atoms with Crippen LogP contribution in [0, 0.1) is 0 Å². The maximum Gasteiger partial charge on any atom is 0.106 e. The van der Waals surface area contributed by atoms with E-state index in [4.69, 9.17) is 4.74 Å². The second-order valence-electron chi connectivity index (χ2n) is 6.50. The van der Waals surface area contributed by atoms with Crippen LogP contribution < -0.4 is 0 Å². The third kappa shape index (κ3) is 7.13. The maximum atomic E-state index is 5.35. The van der Waals surface area contributed by atoms with Crippen LogP contribution in [0.3, 0.4) is 0 Å². The molecule has 1 aliphatic heterocycles. The number of hydrogen-bond donors (Lipinski definition) is 0. The molecule has 1 atom stereocenters. The molecule has 1 fully saturated rings. The van der Waals surface area contributed by atoms with Gasteiger partial charge in [-0.05, 0) is 24.0 Å². The summed E-state index contributed by atoms with van der Waals surface area (Å²) in [5.74, 6) is 0. The van der Waals surface area contributed by atoms with Gasteiger partial charge in [-0.15, -0.1) is 0 Å². The summed E-state index contributed by atoms with van der Waals surface area (Å²) in [5.41, 5.74) is 2.86. The molecule has 0 spiro atoms. The summed E-state index contributed by atoms with van der Waals surface area (Å²) < 4.78 is 5.35. The molecule has 0 saturated carbocycles. The van der Waals surface area contributed by atoms with Crippen molar-refractivity contribution in [2.75, 3.05) is 6.61 Å². The van der Waals surface area contributed by atoms with Crippen LogP contribution in [0.2, 0.25) is 0 Å². The lowest BCUT2D eigenvalue weighted by molar-refractivity contribution is 0.415. The van der Waals surface area contributed by atoms with Gasteiger partial charge >= 0.3 is 0 Å². The number of aryl methyl sites for hydroxylation is 1. The van der Waals surface area contributed by atoms with Gasteiger partial charge in [-0.1, -0.05) is 89.0 Å². The van der Waals surface area contributed by atoms with Crippen molar-refractivity contribution in [1.29, 1.82) is 0 Å². The minimum atomic E-state index is 0.401. The molecule has 1 aromatic carbocycles. The number of unbranched alkanes of at least 4 members (excludes halogenated alkanes) is 9. The molecule has 1 unspecified atom stereocenters. The van der Waals surface area contributed by atoms with Crippen molar-refractivity contribution in [3.05, 3.63) is 35.4 Å². The fourth-order valence-electron chi connectivity index (χ4n) is 3.01. The van der Waals surface area contributed by atoms with Gasteiger partial charge < -0.3 is 4.74 Å². The number of benzene rings is 1. The van der Waals surface area contributed by atoms with Crippen LogP contribution in [0.15, 0.2) is 24.3 Å². The van der Waals surface area contributed by atoms with E-state index in [0.717, 1.165) is 6.61 Å². The van der Waals surface area contributed by atoms with Crippen molar-refractivity contribution in [3.8, 4) is 0 Å². The lowest BCUT2D eigenvalue weighted by atomic mass is 10.0. The van der Waals surface area contributed by atoms with Crippen LogP contribution in [0.25, 0.3) is 0 Å². The quantitative estimate of drug-likeness (QED) is 0.328. The summed E-state index contributed by atoms with van der Waals surface area (Å²) in [5, 5.41) is 0. The van der Waals surface area contributed by atoms with Gasteiger partial charge in [0.2, 0.25) is 0 Å². The van der Waals surface area contributed by atoms with Crippen molar-refractivity contribution in [1.82, 2.24) is 0 Å². The van der Waals surface area contributed by atoms with Crippen molar-refractivity contribution in [2.24, 2.45) is 0 Å². The van der Waals surface area contributed by atoms with E-state index in [2.05, 4.69) is 31.2 Å². The van der Waals surface area contributed by atoms with Gasteiger partial charge in [-0.3, -0.25) is 0 Å². The molecular formula is C20H32O. The van der Waals surface area contributed by atoms with Crippen LogP contribution in [-0.4, -0.2) is 6.61 Å². The second-order valence-corrected chi connectivity index (χ2v) is 6.50. The average Bonchev–Trinajstić information content (AvgIpc) is 3.34. The molecule has 0 N–H and O–H groups in total. The highest BCUT2D eigenvalue weighted by Crippen LogP contribution is 2.30. The topological polar surface area (TPSA) is 12.5 Å². The number of epoxide rings is 1. The van der Waals surface area contributed by atoms with Crippen LogP contribution in [0.1, 0.15) is 88.4 Å². The molecule has 118 valence electrons. The first-order valence-corrected chi connectivity index (χ1v) is 9.10. The third-order valence-electron chi connectivity index (χ3n) is 4.48. The first-order valence-electron chi connectivity index (χ1n) is 9.10. The monoisotopic (exact) mass is 288 g/mol. The molecular weight excluding hydrogens is 256 g/mol. The Hall–Kier alpha value is -0.820. The van der Waals surface area contributed by atoms with Gasteiger partial charge in [0.05, 0.1) is 6.61 Å². The Morgan fingerprint density at radius 1 is 0.905 bits per heavy atom. The Morgan fingerprint density at radius 3 is 2.14 bits per heavy atom. The smallest absolute Gasteiger partial charge is 0.106 e. The van der Waals surface area contributed by atoms with Crippen LogP contribution in [0.4, 0.5) is 0 Å². The van der Waals surface area contributed by atoms with Crippen LogP contribution in [-0.2, 0) is 11.2 Å². The fraction of sp³-hybridized carbons (Fsp3) is 0.700. The predicted octanol–water partition coefficient (Wildman–Crippen LogP) is 6.22. The molecule has 1 saturated heterocycles. The van der Waals surface area contributed by atoms with E-state index in [1.165, 1.54) is 81.8 Å². The number of hydrogen-bond acceptors (Lipinski definition) is 1. The number of ether oxygens (including phenoxy) is 1. The summed E-state index contributed by atoms with van der Waals surface area (Å²) >= 11 is 0. The van der Waals surface area contributed by atoms with Crippen LogP contribution >= 0.6 is 0 Å². The fourth-order valence-corrected chi connectivity index (χ4v) is 3.01. The molecule has 21 heavy (non-hydrogen) atoms. The summed E-state index contributed by atoms with van der Waals surface area (Å²) in [6.07, 6.45) is 15.8. The zero-order chi connectivity index (χ0) is 14.8.